The average Bonchev–Trinajstić information content (AvgIpc) is 3.21. The molecular weight excluding hydrogens is 779 g/mol. The molecular formula is C45H77O13P. The fourth-order valence-corrected chi connectivity index (χ4v) is 7.24. The molecule has 0 aromatic heterocycles. The van der Waals surface area contributed by atoms with Crippen LogP contribution in [-0.2, 0) is 32.7 Å². The smallest absolute Gasteiger partial charge is 0.462 e. The van der Waals surface area contributed by atoms with Crippen LogP contribution < -0.4 is 0 Å². The van der Waals surface area contributed by atoms with Crippen LogP contribution in [0.2, 0.25) is 0 Å². The number of aliphatic hydroxyl groups excluding tert-OH is 5. The molecule has 0 bridgehead atoms. The van der Waals surface area contributed by atoms with E-state index in [1.807, 2.05) is 0 Å². The van der Waals surface area contributed by atoms with Crippen LogP contribution in [0.4, 0.5) is 0 Å². The molecule has 13 nitrogen and oxygen atoms in total. The van der Waals surface area contributed by atoms with Gasteiger partial charge in [-0.05, 0) is 77.0 Å². The van der Waals surface area contributed by atoms with E-state index < -0.39 is 75.7 Å². The fourth-order valence-electron chi connectivity index (χ4n) is 6.27. The number of phosphoric acid groups is 1. The monoisotopic (exact) mass is 857 g/mol. The van der Waals surface area contributed by atoms with Gasteiger partial charge in [-0.3, -0.25) is 18.6 Å². The third-order valence-corrected chi connectivity index (χ3v) is 10.8. The van der Waals surface area contributed by atoms with Gasteiger partial charge in [-0.25, -0.2) is 4.57 Å². The molecule has 14 heteroatoms. The molecule has 0 radical (unpaired) electrons. The van der Waals surface area contributed by atoms with E-state index in [0.29, 0.717) is 12.8 Å². The number of rotatable bonds is 35. The lowest BCUT2D eigenvalue weighted by atomic mass is 9.85. The van der Waals surface area contributed by atoms with Gasteiger partial charge in [0.25, 0.3) is 0 Å². The van der Waals surface area contributed by atoms with E-state index in [4.69, 9.17) is 18.5 Å². The molecule has 8 atom stereocenters. The van der Waals surface area contributed by atoms with Crippen molar-refractivity contribution >= 4 is 19.8 Å². The molecule has 0 spiro atoms. The lowest BCUT2D eigenvalue weighted by Gasteiger charge is -2.41. The van der Waals surface area contributed by atoms with E-state index in [-0.39, 0.29) is 12.8 Å². The Bertz CT molecular complexity index is 1270. The van der Waals surface area contributed by atoms with E-state index in [9.17, 15) is 44.6 Å². The Morgan fingerprint density at radius 3 is 1.53 bits per heavy atom. The summed E-state index contributed by atoms with van der Waals surface area (Å²) in [6.45, 7) is 3.11. The summed E-state index contributed by atoms with van der Waals surface area (Å²) in [5.74, 6) is -1.16. The molecule has 6 unspecified atom stereocenters. The van der Waals surface area contributed by atoms with Crippen LogP contribution in [0, 0.1) is 0 Å². The molecule has 1 saturated carbocycles. The predicted octanol–water partition coefficient (Wildman–Crippen LogP) is 8.16. The first-order chi connectivity index (χ1) is 28.4. The van der Waals surface area contributed by atoms with Gasteiger partial charge in [-0.2, -0.15) is 0 Å². The van der Waals surface area contributed by atoms with E-state index >= 15 is 0 Å². The number of aliphatic hydroxyl groups is 5. The SMILES string of the molecule is CC/C=C/C/C=C/C/C=C/C/C=C/CCCCC(=O)OC[C@H](COP(=O)(O)OC1C(O)C(O)C(O)[C@@H](O)C1O)OC(=O)CCCCCCCCC/C=C/CCCCCC. The maximum atomic E-state index is 12.8. The Hall–Kier alpha value is -2.45. The second kappa shape index (κ2) is 35.2. The van der Waals surface area contributed by atoms with E-state index in [1.54, 1.807) is 0 Å². The molecule has 0 saturated heterocycles. The zero-order valence-corrected chi connectivity index (χ0v) is 36.7. The summed E-state index contributed by atoms with van der Waals surface area (Å²) in [4.78, 5) is 35.6. The van der Waals surface area contributed by atoms with Gasteiger partial charge in [0, 0.05) is 12.8 Å². The van der Waals surface area contributed by atoms with Gasteiger partial charge in [0.2, 0.25) is 0 Å². The van der Waals surface area contributed by atoms with Crippen molar-refractivity contribution in [3.05, 3.63) is 60.8 Å². The number of unbranched alkanes of at least 4 members (excludes halogenated alkanes) is 13. The summed E-state index contributed by atoms with van der Waals surface area (Å²) in [5.41, 5.74) is 0. The lowest BCUT2D eigenvalue weighted by Crippen LogP contribution is -2.64. The summed E-state index contributed by atoms with van der Waals surface area (Å²) in [7, 11) is -5.13. The van der Waals surface area contributed by atoms with Crippen molar-refractivity contribution in [2.75, 3.05) is 13.2 Å². The molecule has 1 aliphatic rings. The molecule has 0 amide bonds. The number of esters is 2. The third kappa shape index (κ3) is 27.9. The van der Waals surface area contributed by atoms with Crippen molar-refractivity contribution in [2.45, 2.75) is 198 Å². The summed E-state index contributed by atoms with van der Waals surface area (Å²) < 4.78 is 33.4. The molecule has 6 N–H and O–H groups in total. The minimum Gasteiger partial charge on any atom is -0.462 e. The number of carbonyl (C=O) groups is 2. The van der Waals surface area contributed by atoms with Crippen molar-refractivity contribution < 1.29 is 63.1 Å². The number of ether oxygens (including phenoxy) is 2. The highest BCUT2D eigenvalue weighted by molar-refractivity contribution is 7.47. The van der Waals surface area contributed by atoms with Crippen LogP contribution in [0.3, 0.4) is 0 Å². The average molecular weight is 857 g/mol. The molecule has 0 heterocycles. The first-order valence-electron chi connectivity index (χ1n) is 22.1. The molecule has 1 aliphatic carbocycles. The van der Waals surface area contributed by atoms with Crippen molar-refractivity contribution in [3.8, 4) is 0 Å². The van der Waals surface area contributed by atoms with Gasteiger partial charge in [-0.1, -0.05) is 126 Å². The maximum absolute atomic E-state index is 12.8. The van der Waals surface area contributed by atoms with Gasteiger partial charge in [-0.15, -0.1) is 0 Å². The largest absolute Gasteiger partial charge is 0.472 e. The summed E-state index contributed by atoms with van der Waals surface area (Å²) in [6, 6.07) is 0. The Kier molecular flexibility index (Phi) is 32.5. The number of allylic oxidation sites excluding steroid dienone is 10. The van der Waals surface area contributed by atoms with Gasteiger partial charge in [0.05, 0.1) is 6.61 Å². The van der Waals surface area contributed by atoms with E-state index in [2.05, 4.69) is 74.6 Å². The van der Waals surface area contributed by atoms with Gasteiger partial charge in [0.1, 0.15) is 43.2 Å². The molecule has 1 fully saturated rings. The van der Waals surface area contributed by atoms with E-state index in [0.717, 1.165) is 83.5 Å². The number of phosphoric ester groups is 1. The molecule has 340 valence electrons. The van der Waals surface area contributed by atoms with Crippen LogP contribution in [0.5, 0.6) is 0 Å². The van der Waals surface area contributed by atoms with Crippen LogP contribution in [-0.4, -0.2) is 98.3 Å². The molecule has 0 aromatic carbocycles. The molecule has 0 aromatic rings. The minimum absolute atomic E-state index is 0.0800. The topological polar surface area (TPSA) is 210 Å². The molecule has 0 aliphatic heterocycles. The third-order valence-electron chi connectivity index (χ3n) is 9.84. The summed E-state index contributed by atoms with van der Waals surface area (Å²) in [5, 5.41) is 50.1. The normalized spacial score (nSPS) is 22.9. The number of hydrogen-bond donors (Lipinski definition) is 6. The fraction of sp³-hybridized carbons (Fsp3) is 0.733. The van der Waals surface area contributed by atoms with Crippen LogP contribution in [0.15, 0.2) is 60.8 Å². The van der Waals surface area contributed by atoms with Crippen LogP contribution in [0.25, 0.3) is 0 Å². The lowest BCUT2D eigenvalue weighted by molar-refractivity contribution is -0.220. The first-order valence-corrected chi connectivity index (χ1v) is 23.6. The van der Waals surface area contributed by atoms with Crippen molar-refractivity contribution in [3.63, 3.8) is 0 Å². The highest BCUT2D eigenvalue weighted by Crippen LogP contribution is 2.47. The Balaban J connectivity index is 2.52. The minimum atomic E-state index is -5.13. The van der Waals surface area contributed by atoms with Crippen LogP contribution in [0.1, 0.15) is 155 Å². The molecule has 1 rings (SSSR count). The Morgan fingerprint density at radius 1 is 0.542 bits per heavy atom. The maximum Gasteiger partial charge on any atom is 0.472 e. The second-order valence-electron chi connectivity index (χ2n) is 15.2. The van der Waals surface area contributed by atoms with Gasteiger partial charge >= 0.3 is 19.8 Å². The number of hydrogen-bond acceptors (Lipinski definition) is 12. The quantitative estimate of drug-likeness (QED) is 0.0154. The Labute approximate surface area is 353 Å². The highest BCUT2D eigenvalue weighted by atomic mass is 31.2. The number of carbonyl (C=O) groups excluding carboxylic acids is 2. The highest BCUT2D eigenvalue weighted by Gasteiger charge is 2.51. The van der Waals surface area contributed by atoms with Gasteiger partial charge in [0.15, 0.2) is 6.10 Å². The summed E-state index contributed by atoms with van der Waals surface area (Å²) in [6.07, 6.45) is 28.5. The van der Waals surface area contributed by atoms with Crippen molar-refractivity contribution in [1.29, 1.82) is 0 Å². The van der Waals surface area contributed by atoms with E-state index in [1.165, 1.54) is 32.1 Å². The molecule has 59 heavy (non-hydrogen) atoms. The second-order valence-corrected chi connectivity index (χ2v) is 16.6. The van der Waals surface area contributed by atoms with Crippen molar-refractivity contribution in [2.24, 2.45) is 0 Å². The zero-order chi connectivity index (χ0) is 43.6. The summed E-state index contributed by atoms with van der Waals surface area (Å²) >= 11 is 0. The Morgan fingerprint density at radius 2 is 0.966 bits per heavy atom. The predicted molar refractivity (Wildman–Crippen MR) is 230 cm³/mol. The first kappa shape index (κ1) is 54.6. The van der Waals surface area contributed by atoms with Gasteiger partial charge < -0.3 is 39.9 Å². The van der Waals surface area contributed by atoms with Crippen LogP contribution >= 0.6 is 7.82 Å². The zero-order valence-electron chi connectivity index (χ0n) is 35.8. The standard InChI is InChI=1S/C45H77O13P/c1-3-5-7-9-11-13-15-17-19-21-23-25-27-29-31-33-38(46)55-35-37(36-56-59(53,54)58-45-43(51)41(49)40(48)42(50)44(45)52)57-39(47)34-32-30-28-26-24-22-20-18-16-14-12-10-8-6-4-2/h5,7,11,13-14,16-17,19,23,25,37,40-45,48-52H,3-4,6,8-10,12,15,18,20-22,24,26-36H2,1-2H3,(H,53,54)/b7-5+,13-11+,16-14+,19-17+,25-23+/t37-,40?,41-,42?,43?,44?,45?/m1/s1. The van der Waals surface area contributed by atoms with Crippen molar-refractivity contribution in [1.82, 2.24) is 0 Å².